The molecule has 0 rings (SSSR count). The highest BCUT2D eigenvalue weighted by atomic mass is 16.3. The van der Waals surface area contributed by atoms with Gasteiger partial charge in [-0.1, -0.05) is 31.9 Å². The number of unbranched alkanes of at least 4 members (excludes halogenated alkanes) is 1. The molecular weight excluding hydrogens is 114 g/mol. The molecule has 9 heavy (non-hydrogen) atoms. The van der Waals surface area contributed by atoms with E-state index < -0.39 is 0 Å². The lowest BCUT2D eigenvalue weighted by Gasteiger charge is -2.02. The molecule has 0 amide bonds. The van der Waals surface area contributed by atoms with Crippen LogP contribution in [0.15, 0.2) is 5.18 Å². The van der Waals surface area contributed by atoms with Crippen molar-refractivity contribution >= 4 is 0 Å². The van der Waals surface area contributed by atoms with E-state index in [0.29, 0.717) is 12.5 Å². The van der Waals surface area contributed by atoms with E-state index in [4.69, 9.17) is 0 Å². The second-order valence-corrected chi connectivity index (χ2v) is 2.56. The number of nitroso groups, excluding NO2 is 1. The Labute approximate surface area is 56.6 Å². The molecule has 0 aliphatic heterocycles. The summed E-state index contributed by atoms with van der Waals surface area (Å²) in [4.78, 5) is 9.73. The van der Waals surface area contributed by atoms with Gasteiger partial charge in [-0.25, -0.2) is 0 Å². The molecule has 0 aliphatic carbocycles. The summed E-state index contributed by atoms with van der Waals surface area (Å²) in [5.74, 6) is 0.488. The van der Waals surface area contributed by atoms with Crippen molar-refractivity contribution in [2.75, 3.05) is 6.54 Å². The lowest BCUT2D eigenvalue weighted by molar-refractivity contribution is 0.516. The van der Waals surface area contributed by atoms with Gasteiger partial charge in [0.05, 0.1) is 6.54 Å². The van der Waals surface area contributed by atoms with Crippen molar-refractivity contribution in [3.8, 4) is 0 Å². The van der Waals surface area contributed by atoms with Crippen LogP contribution >= 0.6 is 0 Å². The molecule has 2 heteroatoms. The molecule has 2 nitrogen and oxygen atoms in total. The van der Waals surface area contributed by atoms with Crippen molar-refractivity contribution in [2.24, 2.45) is 11.1 Å². The minimum absolute atomic E-state index is 0.486. The van der Waals surface area contributed by atoms with Crippen LogP contribution < -0.4 is 0 Å². The Morgan fingerprint density at radius 1 is 1.56 bits per heavy atom. The zero-order valence-electron chi connectivity index (χ0n) is 6.26. The minimum Gasteiger partial charge on any atom is -0.151 e. The van der Waals surface area contributed by atoms with Gasteiger partial charge in [0.15, 0.2) is 0 Å². The van der Waals surface area contributed by atoms with E-state index in [1.54, 1.807) is 0 Å². The lowest BCUT2D eigenvalue weighted by Crippen LogP contribution is -1.97. The van der Waals surface area contributed by atoms with Gasteiger partial charge in [-0.15, -0.1) is 0 Å². The van der Waals surface area contributed by atoms with Crippen LogP contribution in [0.25, 0.3) is 0 Å². The average molecular weight is 129 g/mol. The van der Waals surface area contributed by atoms with Crippen molar-refractivity contribution in [3.63, 3.8) is 0 Å². The molecule has 0 N–H and O–H groups in total. The third-order valence-electron chi connectivity index (χ3n) is 1.44. The Morgan fingerprint density at radius 2 is 2.22 bits per heavy atom. The van der Waals surface area contributed by atoms with Crippen LogP contribution in [0.2, 0.25) is 0 Å². The molecule has 0 saturated heterocycles. The zero-order valence-corrected chi connectivity index (χ0v) is 6.26. The van der Waals surface area contributed by atoms with Crippen LogP contribution in [-0.4, -0.2) is 6.54 Å². The molecule has 0 heterocycles. The summed E-state index contributed by atoms with van der Waals surface area (Å²) in [6.45, 7) is 4.71. The third kappa shape index (κ3) is 5.47. The molecule has 54 valence electrons. The van der Waals surface area contributed by atoms with E-state index in [-0.39, 0.29) is 0 Å². The SMILES string of the molecule is CCCCC(C)CN=O. The Morgan fingerprint density at radius 3 is 2.67 bits per heavy atom. The molecule has 0 aromatic rings. The first-order chi connectivity index (χ1) is 4.31. The Kier molecular flexibility index (Phi) is 5.48. The van der Waals surface area contributed by atoms with Gasteiger partial charge in [0.1, 0.15) is 0 Å². The van der Waals surface area contributed by atoms with Gasteiger partial charge in [0, 0.05) is 0 Å². The Bertz CT molecular complexity index is 73.3. The van der Waals surface area contributed by atoms with E-state index in [1.807, 2.05) is 0 Å². The fourth-order valence-electron chi connectivity index (χ4n) is 0.771. The number of hydrogen-bond acceptors (Lipinski definition) is 2. The van der Waals surface area contributed by atoms with Gasteiger partial charge in [-0.05, 0) is 12.3 Å². The van der Waals surface area contributed by atoms with Crippen LogP contribution in [-0.2, 0) is 0 Å². The second kappa shape index (κ2) is 5.73. The highest BCUT2D eigenvalue weighted by Crippen LogP contribution is 2.06. The van der Waals surface area contributed by atoms with Crippen molar-refractivity contribution < 1.29 is 0 Å². The van der Waals surface area contributed by atoms with Gasteiger partial charge < -0.3 is 0 Å². The lowest BCUT2D eigenvalue weighted by atomic mass is 10.1. The molecule has 1 atom stereocenters. The maximum absolute atomic E-state index is 9.73. The summed E-state index contributed by atoms with van der Waals surface area (Å²) in [6, 6.07) is 0. The number of rotatable bonds is 5. The Balaban J connectivity index is 3.04. The van der Waals surface area contributed by atoms with Crippen LogP contribution in [0.1, 0.15) is 33.1 Å². The first-order valence-corrected chi connectivity index (χ1v) is 3.60. The molecule has 0 aromatic carbocycles. The monoisotopic (exact) mass is 129 g/mol. The van der Waals surface area contributed by atoms with Crippen molar-refractivity contribution in [3.05, 3.63) is 4.91 Å². The first-order valence-electron chi connectivity index (χ1n) is 3.60. The van der Waals surface area contributed by atoms with E-state index in [0.717, 1.165) is 6.42 Å². The van der Waals surface area contributed by atoms with Crippen LogP contribution in [0.3, 0.4) is 0 Å². The van der Waals surface area contributed by atoms with Crippen molar-refractivity contribution in [2.45, 2.75) is 33.1 Å². The van der Waals surface area contributed by atoms with Gasteiger partial charge in [0.25, 0.3) is 0 Å². The van der Waals surface area contributed by atoms with E-state index >= 15 is 0 Å². The highest BCUT2D eigenvalue weighted by molar-refractivity contribution is 4.54. The fourth-order valence-corrected chi connectivity index (χ4v) is 0.771. The quantitative estimate of drug-likeness (QED) is 0.524. The summed E-state index contributed by atoms with van der Waals surface area (Å²) in [5.41, 5.74) is 0. The zero-order chi connectivity index (χ0) is 7.11. The highest BCUT2D eigenvalue weighted by Gasteiger charge is 1.98. The third-order valence-corrected chi connectivity index (χ3v) is 1.44. The maximum Gasteiger partial charge on any atom is 0.0836 e. The largest absolute Gasteiger partial charge is 0.151 e. The summed E-state index contributed by atoms with van der Waals surface area (Å²) in [7, 11) is 0. The van der Waals surface area contributed by atoms with E-state index in [2.05, 4.69) is 19.0 Å². The molecule has 0 saturated carbocycles. The molecular formula is C7H15NO. The smallest absolute Gasteiger partial charge is 0.0836 e. The average Bonchev–Trinajstić information content (AvgIpc) is 1.85. The molecule has 1 unspecified atom stereocenters. The number of nitrogens with zero attached hydrogens (tertiary/aromatic N) is 1. The van der Waals surface area contributed by atoms with Gasteiger partial charge in [-0.3, -0.25) is 0 Å². The van der Waals surface area contributed by atoms with Gasteiger partial charge in [-0.2, -0.15) is 4.91 Å². The molecule has 0 bridgehead atoms. The summed E-state index contributed by atoms with van der Waals surface area (Å²) in [5, 5.41) is 2.84. The number of hydrogen-bond donors (Lipinski definition) is 0. The molecule has 0 aliphatic rings. The fraction of sp³-hybridized carbons (Fsp3) is 1.00. The predicted molar refractivity (Wildman–Crippen MR) is 39.4 cm³/mol. The van der Waals surface area contributed by atoms with Crippen LogP contribution in [0, 0.1) is 10.8 Å². The standard InChI is InChI=1S/C7H15NO/c1-3-4-5-7(2)6-8-9/h7H,3-6H2,1-2H3. The van der Waals surface area contributed by atoms with Gasteiger partial charge in [0.2, 0.25) is 0 Å². The second-order valence-electron chi connectivity index (χ2n) is 2.56. The first kappa shape index (κ1) is 8.60. The van der Waals surface area contributed by atoms with E-state index in [1.165, 1.54) is 12.8 Å². The summed E-state index contributed by atoms with van der Waals surface area (Å²) < 4.78 is 0. The maximum atomic E-state index is 9.73. The molecule has 0 spiro atoms. The van der Waals surface area contributed by atoms with Crippen molar-refractivity contribution in [1.29, 1.82) is 0 Å². The minimum atomic E-state index is 0.486. The van der Waals surface area contributed by atoms with Crippen LogP contribution in [0.5, 0.6) is 0 Å². The predicted octanol–water partition coefficient (Wildman–Crippen LogP) is 2.58. The Hall–Kier alpha value is -0.400. The molecule has 0 aromatic heterocycles. The molecule has 0 radical (unpaired) electrons. The molecule has 0 fully saturated rings. The topological polar surface area (TPSA) is 29.4 Å². The normalized spacial score (nSPS) is 13.1. The van der Waals surface area contributed by atoms with Crippen molar-refractivity contribution in [1.82, 2.24) is 0 Å². The summed E-state index contributed by atoms with van der Waals surface area (Å²) in [6.07, 6.45) is 3.57. The van der Waals surface area contributed by atoms with Crippen LogP contribution in [0.4, 0.5) is 0 Å². The van der Waals surface area contributed by atoms with Gasteiger partial charge >= 0.3 is 0 Å². The van der Waals surface area contributed by atoms with E-state index in [9.17, 15) is 4.91 Å². The summed E-state index contributed by atoms with van der Waals surface area (Å²) >= 11 is 0.